The van der Waals surface area contributed by atoms with Gasteiger partial charge in [-0.3, -0.25) is 0 Å². The van der Waals surface area contributed by atoms with Gasteiger partial charge in [-0.15, -0.1) is 0 Å². The number of rotatable bonds is 6. The number of benzene rings is 3. The van der Waals surface area contributed by atoms with Crippen molar-refractivity contribution in [3.63, 3.8) is 0 Å². The summed E-state index contributed by atoms with van der Waals surface area (Å²) >= 11 is 0. The standard InChI is InChI=1S/C20H19N5O/c1-2-21-15-3-5-16(6-4-15)22-23-17-7-9-18(10-8-17)24-25-19-11-13-20(26)14-12-19/h3-14,21,26H,2H2,1H3. The van der Waals surface area contributed by atoms with Gasteiger partial charge >= 0.3 is 0 Å². The summed E-state index contributed by atoms with van der Waals surface area (Å²) < 4.78 is 0. The molecule has 130 valence electrons. The van der Waals surface area contributed by atoms with Gasteiger partial charge in [0, 0.05) is 12.2 Å². The molecule has 0 radical (unpaired) electrons. The Morgan fingerprint density at radius 3 is 1.35 bits per heavy atom. The maximum absolute atomic E-state index is 9.25. The van der Waals surface area contributed by atoms with E-state index in [0.29, 0.717) is 11.4 Å². The van der Waals surface area contributed by atoms with E-state index in [4.69, 9.17) is 0 Å². The Balaban J connectivity index is 1.62. The molecule has 3 aromatic rings. The minimum atomic E-state index is 0.204. The Hall–Kier alpha value is -3.54. The van der Waals surface area contributed by atoms with Crippen LogP contribution in [0.15, 0.2) is 93.3 Å². The maximum Gasteiger partial charge on any atom is 0.115 e. The molecule has 0 amide bonds. The molecule has 0 aromatic heterocycles. The Bertz CT molecular complexity index is 885. The summed E-state index contributed by atoms with van der Waals surface area (Å²) in [5.41, 5.74) is 3.99. The number of nitrogens with zero attached hydrogens (tertiary/aromatic N) is 4. The zero-order valence-corrected chi connectivity index (χ0v) is 14.4. The van der Waals surface area contributed by atoms with Gasteiger partial charge in [-0.25, -0.2) is 0 Å². The lowest BCUT2D eigenvalue weighted by atomic mass is 10.3. The van der Waals surface area contributed by atoms with Crippen molar-refractivity contribution in [2.45, 2.75) is 6.92 Å². The minimum Gasteiger partial charge on any atom is -0.508 e. The van der Waals surface area contributed by atoms with Crippen molar-refractivity contribution < 1.29 is 5.11 Å². The number of nitrogens with one attached hydrogen (secondary N) is 1. The molecule has 0 bridgehead atoms. The largest absolute Gasteiger partial charge is 0.508 e. The molecular formula is C20H19N5O. The first kappa shape index (κ1) is 17.3. The number of phenolic OH excluding ortho intramolecular Hbond substituents is 1. The molecule has 0 spiro atoms. The Morgan fingerprint density at radius 2 is 0.962 bits per heavy atom. The molecule has 0 aliphatic rings. The number of hydrogen-bond acceptors (Lipinski definition) is 6. The van der Waals surface area contributed by atoms with Crippen LogP contribution < -0.4 is 5.32 Å². The summed E-state index contributed by atoms with van der Waals surface area (Å²) in [6.45, 7) is 2.94. The van der Waals surface area contributed by atoms with E-state index in [1.54, 1.807) is 24.3 Å². The van der Waals surface area contributed by atoms with E-state index in [1.807, 2.05) is 48.5 Å². The molecule has 0 atom stereocenters. The van der Waals surface area contributed by atoms with Crippen LogP contribution in [0.5, 0.6) is 5.75 Å². The molecule has 6 heteroatoms. The molecule has 3 aromatic carbocycles. The smallest absolute Gasteiger partial charge is 0.115 e. The molecule has 26 heavy (non-hydrogen) atoms. The van der Waals surface area contributed by atoms with Gasteiger partial charge in [0.05, 0.1) is 22.7 Å². The predicted molar refractivity (Wildman–Crippen MR) is 104 cm³/mol. The van der Waals surface area contributed by atoms with E-state index in [0.717, 1.165) is 23.6 Å². The summed E-state index contributed by atoms with van der Waals surface area (Å²) in [6, 6.07) is 21.7. The average molecular weight is 345 g/mol. The Morgan fingerprint density at radius 1 is 0.615 bits per heavy atom. The van der Waals surface area contributed by atoms with Crippen LogP contribution in [-0.2, 0) is 0 Å². The third kappa shape index (κ3) is 4.98. The van der Waals surface area contributed by atoms with Crippen LogP contribution in [0.2, 0.25) is 0 Å². The highest BCUT2D eigenvalue weighted by Gasteiger charge is 1.95. The Labute approximate surface area is 152 Å². The van der Waals surface area contributed by atoms with Gasteiger partial charge in [-0.1, -0.05) is 0 Å². The number of aromatic hydroxyl groups is 1. The van der Waals surface area contributed by atoms with Crippen LogP contribution in [0.1, 0.15) is 6.92 Å². The van der Waals surface area contributed by atoms with Crippen molar-refractivity contribution in [1.82, 2.24) is 0 Å². The predicted octanol–water partition coefficient (Wildman–Crippen LogP) is 6.65. The van der Waals surface area contributed by atoms with Crippen molar-refractivity contribution in [3.05, 3.63) is 72.8 Å². The van der Waals surface area contributed by atoms with Gasteiger partial charge in [-0.2, -0.15) is 20.5 Å². The van der Waals surface area contributed by atoms with Crippen LogP contribution in [0.4, 0.5) is 28.4 Å². The Kier molecular flexibility index (Phi) is 5.67. The van der Waals surface area contributed by atoms with E-state index in [2.05, 4.69) is 32.7 Å². The molecule has 2 N–H and O–H groups in total. The lowest BCUT2D eigenvalue weighted by Crippen LogP contribution is -1.94. The number of azo groups is 2. The fourth-order valence-electron chi connectivity index (χ4n) is 2.19. The summed E-state index contributed by atoms with van der Waals surface area (Å²) in [7, 11) is 0. The van der Waals surface area contributed by atoms with Crippen LogP contribution in [-0.4, -0.2) is 11.7 Å². The van der Waals surface area contributed by atoms with Gasteiger partial charge in [-0.05, 0) is 79.7 Å². The minimum absolute atomic E-state index is 0.204. The molecule has 6 nitrogen and oxygen atoms in total. The number of hydrogen-bond donors (Lipinski definition) is 2. The van der Waals surface area contributed by atoms with Crippen LogP contribution in [0, 0.1) is 0 Å². The zero-order valence-electron chi connectivity index (χ0n) is 14.4. The number of phenols is 1. The first-order valence-electron chi connectivity index (χ1n) is 8.29. The highest BCUT2D eigenvalue weighted by molar-refractivity contribution is 5.51. The van der Waals surface area contributed by atoms with Crippen molar-refractivity contribution in [3.8, 4) is 5.75 Å². The highest BCUT2D eigenvalue weighted by atomic mass is 16.3. The van der Waals surface area contributed by atoms with Crippen molar-refractivity contribution in [2.75, 3.05) is 11.9 Å². The molecular weight excluding hydrogens is 326 g/mol. The van der Waals surface area contributed by atoms with Crippen molar-refractivity contribution >= 4 is 28.4 Å². The lowest BCUT2D eigenvalue weighted by Gasteiger charge is -2.01. The zero-order chi connectivity index (χ0) is 18.2. The fourth-order valence-corrected chi connectivity index (χ4v) is 2.19. The average Bonchev–Trinajstić information content (AvgIpc) is 2.68. The third-order valence-corrected chi connectivity index (χ3v) is 3.51. The van der Waals surface area contributed by atoms with Crippen molar-refractivity contribution in [1.29, 1.82) is 0 Å². The summed E-state index contributed by atoms with van der Waals surface area (Å²) in [5.74, 6) is 0.204. The van der Waals surface area contributed by atoms with E-state index in [9.17, 15) is 5.11 Å². The van der Waals surface area contributed by atoms with Crippen molar-refractivity contribution in [2.24, 2.45) is 20.5 Å². The third-order valence-electron chi connectivity index (χ3n) is 3.51. The second kappa shape index (κ2) is 8.53. The maximum atomic E-state index is 9.25. The van der Waals surface area contributed by atoms with Gasteiger partial charge in [0.25, 0.3) is 0 Å². The number of anilines is 1. The van der Waals surface area contributed by atoms with Gasteiger partial charge in [0.1, 0.15) is 5.75 Å². The second-order valence-corrected chi connectivity index (χ2v) is 5.51. The molecule has 0 aliphatic heterocycles. The van der Waals surface area contributed by atoms with E-state index in [-0.39, 0.29) is 5.75 Å². The lowest BCUT2D eigenvalue weighted by molar-refractivity contribution is 0.475. The van der Waals surface area contributed by atoms with E-state index < -0.39 is 0 Å². The fraction of sp³-hybridized carbons (Fsp3) is 0.100. The van der Waals surface area contributed by atoms with Gasteiger partial charge in [0.2, 0.25) is 0 Å². The highest BCUT2D eigenvalue weighted by Crippen LogP contribution is 2.24. The monoisotopic (exact) mass is 345 g/mol. The SMILES string of the molecule is CCNc1ccc(N=Nc2ccc(N=Nc3ccc(O)cc3)cc2)cc1. The summed E-state index contributed by atoms with van der Waals surface area (Å²) in [6.07, 6.45) is 0. The molecule has 0 unspecified atom stereocenters. The first-order valence-corrected chi connectivity index (χ1v) is 8.29. The quantitative estimate of drug-likeness (QED) is 0.490. The van der Waals surface area contributed by atoms with E-state index >= 15 is 0 Å². The topological polar surface area (TPSA) is 81.7 Å². The molecule has 0 fully saturated rings. The molecule has 0 saturated carbocycles. The van der Waals surface area contributed by atoms with Crippen LogP contribution in [0.25, 0.3) is 0 Å². The van der Waals surface area contributed by atoms with Crippen LogP contribution >= 0.6 is 0 Å². The summed E-state index contributed by atoms with van der Waals surface area (Å²) in [4.78, 5) is 0. The molecule has 0 aliphatic carbocycles. The second-order valence-electron chi connectivity index (χ2n) is 5.51. The van der Waals surface area contributed by atoms with Crippen LogP contribution in [0.3, 0.4) is 0 Å². The van der Waals surface area contributed by atoms with Gasteiger partial charge in [0.15, 0.2) is 0 Å². The van der Waals surface area contributed by atoms with E-state index in [1.165, 1.54) is 0 Å². The van der Waals surface area contributed by atoms with Gasteiger partial charge < -0.3 is 10.4 Å². The summed E-state index contributed by atoms with van der Waals surface area (Å²) in [5, 5.41) is 29.2. The molecule has 0 saturated heterocycles. The molecule has 0 heterocycles. The first-order chi connectivity index (χ1) is 12.7. The molecule has 3 rings (SSSR count). The normalized spacial score (nSPS) is 11.3.